The quantitative estimate of drug-likeness (QED) is 0.721. The first-order valence-corrected chi connectivity index (χ1v) is 8.16. The molecule has 0 radical (unpaired) electrons. The SMILES string of the molecule is CCc1nc2ccc(Br)cn2c1C(=O)Nc1ccc(C(N)=O)cc1. The van der Waals surface area contributed by atoms with Crippen LogP contribution in [0.25, 0.3) is 5.65 Å². The minimum atomic E-state index is -0.507. The lowest BCUT2D eigenvalue weighted by molar-refractivity contribution is 0.0997. The Morgan fingerprint density at radius 3 is 2.54 bits per heavy atom. The van der Waals surface area contributed by atoms with Crippen molar-refractivity contribution in [2.24, 2.45) is 5.73 Å². The van der Waals surface area contributed by atoms with Crippen LogP contribution in [0.4, 0.5) is 5.69 Å². The molecular weight excluding hydrogens is 372 g/mol. The Hall–Kier alpha value is -2.67. The van der Waals surface area contributed by atoms with Crippen LogP contribution in [0, 0.1) is 0 Å². The Kier molecular flexibility index (Phi) is 4.35. The molecule has 0 fully saturated rings. The van der Waals surface area contributed by atoms with Crippen LogP contribution in [0.2, 0.25) is 0 Å². The molecule has 1 aromatic carbocycles. The maximum absolute atomic E-state index is 12.7. The molecule has 0 spiro atoms. The van der Waals surface area contributed by atoms with Crippen molar-refractivity contribution in [3.8, 4) is 0 Å². The molecular formula is C17H15BrN4O2. The topological polar surface area (TPSA) is 89.5 Å². The van der Waals surface area contributed by atoms with Crippen molar-refractivity contribution in [1.82, 2.24) is 9.38 Å². The van der Waals surface area contributed by atoms with Gasteiger partial charge in [0.2, 0.25) is 5.91 Å². The fraction of sp³-hybridized carbons (Fsp3) is 0.118. The molecule has 0 saturated carbocycles. The van der Waals surface area contributed by atoms with Crippen molar-refractivity contribution >= 4 is 39.1 Å². The molecule has 7 heteroatoms. The Labute approximate surface area is 146 Å². The number of nitrogens with zero attached hydrogens (tertiary/aromatic N) is 2. The highest BCUT2D eigenvalue weighted by Gasteiger charge is 2.18. The van der Waals surface area contributed by atoms with Crippen LogP contribution in [0.3, 0.4) is 0 Å². The van der Waals surface area contributed by atoms with E-state index >= 15 is 0 Å². The van der Waals surface area contributed by atoms with Crippen LogP contribution in [-0.4, -0.2) is 21.2 Å². The van der Waals surface area contributed by atoms with Crippen LogP contribution < -0.4 is 11.1 Å². The van der Waals surface area contributed by atoms with Gasteiger partial charge in [-0.25, -0.2) is 4.98 Å². The molecule has 0 aliphatic carbocycles. The molecule has 0 atom stereocenters. The highest BCUT2D eigenvalue weighted by Crippen LogP contribution is 2.19. The summed E-state index contributed by atoms with van der Waals surface area (Å²) in [4.78, 5) is 28.3. The van der Waals surface area contributed by atoms with Crippen molar-refractivity contribution in [2.45, 2.75) is 13.3 Å². The zero-order valence-electron chi connectivity index (χ0n) is 12.9. The van der Waals surface area contributed by atoms with Crippen molar-refractivity contribution in [3.63, 3.8) is 0 Å². The number of carbonyl (C=O) groups excluding carboxylic acids is 2. The second kappa shape index (κ2) is 6.45. The van der Waals surface area contributed by atoms with Gasteiger partial charge in [-0.3, -0.25) is 14.0 Å². The van der Waals surface area contributed by atoms with Gasteiger partial charge in [0.05, 0.1) is 5.69 Å². The lowest BCUT2D eigenvalue weighted by atomic mass is 10.2. The molecule has 6 nitrogen and oxygen atoms in total. The summed E-state index contributed by atoms with van der Waals surface area (Å²) in [6.07, 6.45) is 2.45. The lowest BCUT2D eigenvalue weighted by Crippen LogP contribution is -2.16. The van der Waals surface area contributed by atoms with Crippen LogP contribution in [0.1, 0.15) is 33.5 Å². The van der Waals surface area contributed by atoms with Crippen LogP contribution in [-0.2, 0) is 6.42 Å². The predicted molar refractivity (Wildman–Crippen MR) is 95.2 cm³/mol. The van der Waals surface area contributed by atoms with Gasteiger partial charge in [-0.05, 0) is 58.7 Å². The Balaban J connectivity index is 1.96. The number of aryl methyl sites for hydroxylation is 1. The maximum atomic E-state index is 12.7. The molecule has 2 heterocycles. The smallest absolute Gasteiger partial charge is 0.274 e. The van der Waals surface area contributed by atoms with Crippen molar-refractivity contribution in [2.75, 3.05) is 5.32 Å². The summed E-state index contributed by atoms with van der Waals surface area (Å²) in [5.74, 6) is -0.767. The first-order chi connectivity index (χ1) is 11.5. The molecule has 122 valence electrons. The summed E-state index contributed by atoms with van der Waals surface area (Å²) in [5.41, 5.74) is 8.11. The molecule has 0 aliphatic heterocycles. The number of aromatic nitrogens is 2. The number of anilines is 1. The normalized spacial score (nSPS) is 10.8. The van der Waals surface area contributed by atoms with Crippen molar-refractivity contribution < 1.29 is 9.59 Å². The largest absolute Gasteiger partial charge is 0.366 e. The van der Waals surface area contributed by atoms with Gasteiger partial charge in [0.15, 0.2) is 0 Å². The molecule has 2 aromatic heterocycles. The number of amides is 2. The minimum absolute atomic E-state index is 0.260. The summed E-state index contributed by atoms with van der Waals surface area (Å²) in [7, 11) is 0. The number of pyridine rings is 1. The van der Waals surface area contributed by atoms with E-state index in [1.54, 1.807) is 28.7 Å². The van der Waals surface area contributed by atoms with Gasteiger partial charge < -0.3 is 11.1 Å². The van der Waals surface area contributed by atoms with Gasteiger partial charge in [0.1, 0.15) is 11.3 Å². The average molecular weight is 387 g/mol. The van der Waals surface area contributed by atoms with E-state index < -0.39 is 5.91 Å². The number of imidazole rings is 1. The molecule has 0 saturated heterocycles. The lowest BCUT2D eigenvalue weighted by Gasteiger charge is -2.07. The maximum Gasteiger partial charge on any atom is 0.274 e. The van der Waals surface area contributed by atoms with Crippen LogP contribution in [0.5, 0.6) is 0 Å². The zero-order chi connectivity index (χ0) is 17.3. The van der Waals surface area contributed by atoms with E-state index in [1.807, 2.05) is 25.3 Å². The standard InChI is InChI=1S/C17H15BrN4O2/c1-2-13-15(22-9-11(18)5-8-14(22)21-13)17(24)20-12-6-3-10(4-7-12)16(19)23/h3-9H,2H2,1H3,(H2,19,23)(H,20,24). The van der Waals surface area contributed by atoms with E-state index in [9.17, 15) is 9.59 Å². The van der Waals surface area contributed by atoms with Crippen LogP contribution >= 0.6 is 15.9 Å². The Morgan fingerprint density at radius 2 is 1.92 bits per heavy atom. The predicted octanol–water partition coefficient (Wildman–Crippen LogP) is 3.01. The summed E-state index contributed by atoms with van der Waals surface area (Å²) in [6, 6.07) is 10.2. The number of nitrogens with two attached hydrogens (primary N) is 1. The fourth-order valence-electron chi connectivity index (χ4n) is 2.46. The van der Waals surface area contributed by atoms with E-state index in [0.717, 1.165) is 10.2 Å². The number of benzene rings is 1. The number of rotatable bonds is 4. The summed E-state index contributed by atoms with van der Waals surface area (Å²) >= 11 is 3.41. The molecule has 3 aromatic rings. The number of primary amides is 1. The fourth-order valence-corrected chi connectivity index (χ4v) is 2.80. The number of carbonyl (C=O) groups is 2. The molecule has 24 heavy (non-hydrogen) atoms. The molecule has 0 unspecified atom stereocenters. The van der Waals surface area contributed by atoms with E-state index in [4.69, 9.17) is 5.73 Å². The number of hydrogen-bond donors (Lipinski definition) is 2. The third-order valence-corrected chi connectivity index (χ3v) is 4.10. The number of halogens is 1. The third-order valence-electron chi connectivity index (χ3n) is 3.63. The van der Waals surface area contributed by atoms with Gasteiger partial charge in [0.25, 0.3) is 5.91 Å². The summed E-state index contributed by atoms with van der Waals surface area (Å²) in [6.45, 7) is 1.95. The first-order valence-electron chi connectivity index (χ1n) is 7.37. The first kappa shape index (κ1) is 16.2. The summed E-state index contributed by atoms with van der Waals surface area (Å²) < 4.78 is 2.62. The van der Waals surface area contributed by atoms with E-state index in [0.29, 0.717) is 29.0 Å². The number of fused-ring (bicyclic) bond motifs is 1. The number of nitrogens with one attached hydrogen (secondary N) is 1. The monoisotopic (exact) mass is 386 g/mol. The summed E-state index contributed by atoms with van der Waals surface area (Å²) in [5, 5.41) is 2.83. The Morgan fingerprint density at radius 1 is 1.21 bits per heavy atom. The van der Waals surface area contributed by atoms with Gasteiger partial charge in [0, 0.05) is 21.9 Å². The molecule has 2 amide bonds. The minimum Gasteiger partial charge on any atom is -0.366 e. The van der Waals surface area contributed by atoms with Gasteiger partial charge in [-0.1, -0.05) is 6.92 Å². The van der Waals surface area contributed by atoms with Crippen molar-refractivity contribution in [3.05, 3.63) is 64.0 Å². The van der Waals surface area contributed by atoms with Gasteiger partial charge >= 0.3 is 0 Å². The average Bonchev–Trinajstić information content (AvgIpc) is 2.93. The third kappa shape index (κ3) is 3.03. The van der Waals surface area contributed by atoms with E-state index in [2.05, 4.69) is 26.2 Å². The van der Waals surface area contributed by atoms with Gasteiger partial charge in [-0.2, -0.15) is 0 Å². The second-order valence-corrected chi connectivity index (χ2v) is 6.15. The van der Waals surface area contributed by atoms with Crippen LogP contribution in [0.15, 0.2) is 47.1 Å². The van der Waals surface area contributed by atoms with Crippen molar-refractivity contribution in [1.29, 1.82) is 0 Å². The molecule has 0 bridgehead atoms. The molecule has 3 N–H and O–H groups in total. The molecule has 3 rings (SSSR count). The van der Waals surface area contributed by atoms with E-state index in [1.165, 1.54) is 0 Å². The van der Waals surface area contributed by atoms with E-state index in [-0.39, 0.29) is 5.91 Å². The number of hydrogen-bond acceptors (Lipinski definition) is 3. The molecule has 0 aliphatic rings. The van der Waals surface area contributed by atoms with Gasteiger partial charge in [-0.15, -0.1) is 0 Å². The highest BCUT2D eigenvalue weighted by atomic mass is 79.9. The Bertz CT molecular complexity index is 932. The zero-order valence-corrected chi connectivity index (χ0v) is 14.5. The highest BCUT2D eigenvalue weighted by molar-refractivity contribution is 9.10. The second-order valence-electron chi connectivity index (χ2n) is 5.23.